The summed E-state index contributed by atoms with van der Waals surface area (Å²) in [6.45, 7) is 3.43. The van der Waals surface area contributed by atoms with Crippen LogP contribution in [0.25, 0.3) is 0 Å². The Morgan fingerprint density at radius 1 is 1.39 bits per heavy atom. The Morgan fingerprint density at radius 3 is 2.56 bits per heavy atom. The highest BCUT2D eigenvalue weighted by atomic mass is 16.4. The number of carbonyl (C=O) groups is 3. The van der Waals surface area contributed by atoms with E-state index in [1.165, 1.54) is 12.1 Å². The van der Waals surface area contributed by atoms with Crippen LogP contribution in [0.5, 0.6) is 0 Å². The molecule has 0 aromatic heterocycles. The van der Waals surface area contributed by atoms with Gasteiger partial charge in [-0.05, 0) is 24.6 Å². The van der Waals surface area contributed by atoms with Crippen LogP contribution in [0.2, 0.25) is 0 Å². The third-order valence-corrected chi connectivity index (χ3v) is 3.07. The number of aryl methyl sites for hydroxylation is 1. The van der Waals surface area contributed by atoms with Crippen molar-refractivity contribution in [3.8, 4) is 0 Å². The van der Waals surface area contributed by atoms with Crippen LogP contribution >= 0.6 is 0 Å². The number of aromatic carboxylic acids is 1. The van der Waals surface area contributed by atoms with Crippen molar-refractivity contribution < 1.29 is 19.5 Å². The zero-order valence-corrected chi connectivity index (χ0v) is 10.1. The lowest BCUT2D eigenvalue weighted by molar-refractivity contribution is -0.122. The lowest BCUT2D eigenvalue weighted by atomic mass is 10.1. The fraction of sp³-hybridized carbons (Fsp3) is 0.308. The number of hydrogen-bond acceptors (Lipinski definition) is 3. The van der Waals surface area contributed by atoms with Crippen molar-refractivity contribution in [2.75, 3.05) is 4.90 Å². The summed E-state index contributed by atoms with van der Waals surface area (Å²) in [6, 6.07) is 4.42. The van der Waals surface area contributed by atoms with Gasteiger partial charge in [0.15, 0.2) is 0 Å². The Bertz CT molecular complexity index is 550. The molecule has 1 N–H and O–H groups in total. The van der Waals surface area contributed by atoms with Crippen LogP contribution in [0.3, 0.4) is 0 Å². The summed E-state index contributed by atoms with van der Waals surface area (Å²) in [5.41, 5.74) is 1.14. The zero-order chi connectivity index (χ0) is 13.4. The van der Waals surface area contributed by atoms with E-state index < -0.39 is 5.97 Å². The Morgan fingerprint density at radius 2 is 2.06 bits per heavy atom. The smallest absolute Gasteiger partial charge is 0.335 e. The molecular formula is C13H13NO4. The summed E-state index contributed by atoms with van der Waals surface area (Å²) in [7, 11) is 0. The molecule has 0 saturated carbocycles. The Hall–Kier alpha value is -2.17. The maximum Gasteiger partial charge on any atom is 0.335 e. The van der Waals surface area contributed by atoms with Gasteiger partial charge in [0.2, 0.25) is 11.8 Å². The summed E-state index contributed by atoms with van der Waals surface area (Å²) < 4.78 is 0. The van der Waals surface area contributed by atoms with E-state index >= 15 is 0 Å². The third-order valence-electron chi connectivity index (χ3n) is 3.07. The molecule has 1 aliphatic rings. The van der Waals surface area contributed by atoms with E-state index in [4.69, 9.17) is 5.11 Å². The van der Waals surface area contributed by atoms with Crippen LogP contribution in [0.1, 0.15) is 29.3 Å². The second-order valence-corrected chi connectivity index (χ2v) is 4.48. The second kappa shape index (κ2) is 4.25. The molecule has 5 nitrogen and oxygen atoms in total. The van der Waals surface area contributed by atoms with E-state index in [0.29, 0.717) is 11.3 Å². The molecular weight excluding hydrogens is 234 g/mol. The lowest BCUT2D eigenvalue weighted by Gasteiger charge is -2.17. The molecule has 18 heavy (non-hydrogen) atoms. The number of amides is 2. The van der Waals surface area contributed by atoms with Crippen LogP contribution in [0.4, 0.5) is 5.69 Å². The summed E-state index contributed by atoms with van der Waals surface area (Å²) in [4.78, 5) is 35.7. The quantitative estimate of drug-likeness (QED) is 0.805. The number of hydrogen-bond donors (Lipinski definition) is 1. The van der Waals surface area contributed by atoms with Gasteiger partial charge in [-0.1, -0.05) is 13.0 Å². The molecule has 0 aliphatic carbocycles. The van der Waals surface area contributed by atoms with Crippen LogP contribution in [-0.2, 0) is 9.59 Å². The second-order valence-electron chi connectivity index (χ2n) is 4.48. The summed E-state index contributed by atoms with van der Waals surface area (Å²) in [6.07, 6.45) is 0.176. The van der Waals surface area contributed by atoms with Crippen molar-refractivity contribution in [2.24, 2.45) is 5.92 Å². The van der Waals surface area contributed by atoms with Gasteiger partial charge >= 0.3 is 5.97 Å². The molecule has 1 aromatic carbocycles. The number of carboxylic acid groups (broad SMARTS) is 1. The van der Waals surface area contributed by atoms with Gasteiger partial charge in [0, 0.05) is 12.3 Å². The molecule has 2 rings (SSSR count). The van der Waals surface area contributed by atoms with Gasteiger partial charge in [0.05, 0.1) is 11.3 Å². The normalized spacial score (nSPS) is 19.4. The highest BCUT2D eigenvalue weighted by Crippen LogP contribution is 2.29. The summed E-state index contributed by atoms with van der Waals surface area (Å²) in [5.74, 6) is -1.97. The van der Waals surface area contributed by atoms with Gasteiger partial charge in [-0.3, -0.25) is 14.5 Å². The number of benzene rings is 1. The minimum Gasteiger partial charge on any atom is -0.478 e. The van der Waals surface area contributed by atoms with Crippen LogP contribution in [0, 0.1) is 12.8 Å². The van der Waals surface area contributed by atoms with E-state index in [-0.39, 0.29) is 29.7 Å². The van der Waals surface area contributed by atoms with Crippen molar-refractivity contribution in [3.05, 3.63) is 29.3 Å². The third kappa shape index (κ3) is 1.88. The highest BCUT2D eigenvalue weighted by Gasteiger charge is 2.37. The molecule has 1 atom stereocenters. The van der Waals surface area contributed by atoms with Gasteiger partial charge in [-0.2, -0.15) is 0 Å². The molecule has 0 bridgehead atoms. The first-order chi connectivity index (χ1) is 8.41. The minimum atomic E-state index is -1.08. The molecule has 1 aliphatic heterocycles. The van der Waals surface area contributed by atoms with E-state index in [2.05, 4.69) is 0 Å². The molecule has 94 valence electrons. The number of nitrogens with zero attached hydrogens (tertiary/aromatic N) is 1. The minimum absolute atomic E-state index is 0.0655. The van der Waals surface area contributed by atoms with Crippen LogP contribution < -0.4 is 4.90 Å². The van der Waals surface area contributed by atoms with Crippen molar-refractivity contribution in [2.45, 2.75) is 20.3 Å². The molecule has 1 heterocycles. The summed E-state index contributed by atoms with van der Waals surface area (Å²) in [5, 5.41) is 8.94. The first-order valence-electron chi connectivity index (χ1n) is 5.62. The molecule has 1 fully saturated rings. The highest BCUT2D eigenvalue weighted by molar-refractivity contribution is 6.21. The first-order valence-corrected chi connectivity index (χ1v) is 5.62. The molecule has 0 spiro atoms. The molecule has 1 aromatic rings. The fourth-order valence-electron chi connectivity index (χ4n) is 2.02. The van der Waals surface area contributed by atoms with Crippen molar-refractivity contribution in [3.63, 3.8) is 0 Å². The van der Waals surface area contributed by atoms with Crippen LogP contribution in [0.15, 0.2) is 18.2 Å². The number of anilines is 1. The fourth-order valence-corrected chi connectivity index (χ4v) is 2.02. The maximum absolute atomic E-state index is 11.9. The van der Waals surface area contributed by atoms with Gasteiger partial charge < -0.3 is 5.11 Å². The largest absolute Gasteiger partial charge is 0.478 e. The average molecular weight is 247 g/mol. The maximum atomic E-state index is 11.9. The Balaban J connectivity index is 2.50. The number of imide groups is 1. The van der Waals surface area contributed by atoms with Crippen molar-refractivity contribution in [1.82, 2.24) is 0 Å². The first kappa shape index (κ1) is 12.3. The predicted octanol–water partition coefficient (Wildman–Crippen LogP) is 1.59. The topological polar surface area (TPSA) is 74.7 Å². The average Bonchev–Trinajstić information content (AvgIpc) is 2.54. The number of carbonyl (C=O) groups excluding carboxylic acids is 2. The number of carboxylic acids is 1. The van der Waals surface area contributed by atoms with E-state index in [0.717, 1.165) is 4.90 Å². The zero-order valence-electron chi connectivity index (χ0n) is 10.1. The van der Waals surface area contributed by atoms with Gasteiger partial charge in [-0.25, -0.2) is 4.79 Å². The molecule has 0 radical (unpaired) electrons. The Labute approximate surface area is 104 Å². The van der Waals surface area contributed by atoms with E-state index in [9.17, 15) is 14.4 Å². The SMILES string of the molecule is Cc1ccc(C(=O)O)cc1N1C(=O)CC(C)C1=O. The molecule has 2 amide bonds. The molecule has 1 saturated heterocycles. The number of rotatable bonds is 2. The van der Waals surface area contributed by atoms with Crippen molar-refractivity contribution >= 4 is 23.5 Å². The van der Waals surface area contributed by atoms with E-state index in [1.807, 2.05) is 0 Å². The van der Waals surface area contributed by atoms with Crippen molar-refractivity contribution in [1.29, 1.82) is 0 Å². The molecule has 5 heteroatoms. The van der Waals surface area contributed by atoms with E-state index in [1.54, 1.807) is 19.9 Å². The van der Waals surface area contributed by atoms with Gasteiger partial charge in [0.25, 0.3) is 0 Å². The Kier molecular flexibility index (Phi) is 2.90. The lowest BCUT2D eigenvalue weighted by Crippen LogP contribution is -2.30. The predicted molar refractivity (Wildman–Crippen MR) is 64.4 cm³/mol. The van der Waals surface area contributed by atoms with Gasteiger partial charge in [0.1, 0.15) is 0 Å². The van der Waals surface area contributed by atoms with Gasteiger partial charge in [-0.15, -0.1) is 0 Å². The standard InChI is InChI=1S/C13H13NO4/c1-7-3-4-9(13(17)18)6-10(7)14-11(15)5-8(2)12(14)16/h3-4,6,8H,5H2,1-2H3,(H,17,18). The van der Waals surface area contributed by atoms with Crippen LogP contribution in [-0.4, -0.2) is 22.9 Å². The summed E-state index contributed by atoms with van der Waals surface area (Å²) >= 11 is 0. The molecule has 1 unspecified atom stereocenters. The monoisotopic (exact) mass is 247 g/mol.